The van der Waals surface area contributed by atoms with E-state index in [0.717, 1.165) is 89.1 Å². The van der Waals surface area contributed by atoms with Gasteiger partial charge in [-0.1, -0.05) is 138 Å². The highest BCUT2D eigenvalue weighted by atomic mass is 32.2. The summed E-state index contributed by atoms with van der Waals surface area (Å²) in [6.45, 7) is 12.6. The molecule has 0 radical (unpaired) electrons. The summed E-state index contributed by atoms with van der Waals surface area (Å²) < 4.78 is 85.9. The second-order valence-electron chi connectivity index (χ2n) is 17.6. The molecule has 7 aromatic carbocycles. The van der Waals surface area contributed by atoms with Gasteiger partial charge in [0.05, 0.1) is 45.3 Å². The number of anilines is 6. The summed E-state index contributed by atoms with van der Waals surface area (Å²) in [6, 6.07) is 43.2. The summed E-state index contributed by atoms with van der Waals surface area (Å²) in [5.41, 5.74) is 6.28. The van der Waals surface area contributed by atoms with E-state index in [4.69, 9.17) is 0 Å². The molecule has 0 spiro atoms. The standard InChI is InChI=1S/C52H42F6N2S2/c1-49(2,3)45-43(31-23-27-33(28-24-31)51(53,54)55)47(59-35-15-7-11-19-39(35)61-40-20-12-8-16-36(40)59)46(50(4,5)6)48(44(45)32-25-29-34(30-26-32)52(56,57)58)60-37-17-9-13-21-41(37)62-42-22-14-10-18-38(42)60/h7-30H,1-6H3. The molecule has 0 bridgehead atoms. The zero-order valence-corrected chi connectivity index (χ0v) is 36.5. The Morgan fingerprint density at radius 2 is 0.629 bits per heavy atom. The number of fused-ring (bicyclic) bond motifs is 4. The van der Waals surface area contributed by atoms with E-state index >= 15 is 0 Å². The summed E-state index contributed by atoms with van der Waals surface area (Å²) in [5.74, 6) is 0. The van der Waals surface area contributed by atoms with Crippen molar-refractivity contribution in [3.05, 3.63) is 168 Å². The zero-order valence-electron chi connectivity index (χ0n) is 34.8. The highest BCUT2D eigenvalue weighted by molar-refractivity contribution is 8.00. The van der Waals surface area contributed by atoms with Crippen molar-refractivity contribution < 1.29 is 26.3 Å². The molecule has 0 saturated carbocycles. The number of benzene rings is 7. The van der Waals surface area contributed by atoms with Gasteiger partial charge in [0.1, 0.15) is 0 Å². The van der Waals surface area contributed by atoms with Crippen molar-refractivity contribution in [2.75, 3.05) is 9.80 Å². The third-order valence-electron chi connectivity index (χ3n) is 11.3. The van der Waals surface area contributed by atoms with Gasteiger partial charge >= 0.3 is 12.4 Å². The molecule has 2 aliphatic rings. The zero-order chi connectivity index (χ0) is 43.9. The van der Waals surface area contributed by atoms with E-state index in [0.29, 0.717) is 22.3 Å². The Bertz CT molecular complexity index is 2580. The molecule has 0 fully saturated rings. The van der Waals surface area contributed by atoms with Gasteiger partial charge in [-0.3, -0.25) is 0 Å². The minimum atomic E-state index is -4.57. The van der Waals surface area contributed by atoms with Crippen LogP contribution in [-0.2, 0) is 23.2 Å². The lowest BCUT2D eigenvalue weighted by Crippen LogP contribution is -2.29. The number of hydrogen-bond acceptors (Lipinski definition) is 4. The van der Waals surface area contributed by atoms with Crippen LogP contribution in [0.15, 0.2) is 165 Å². The maximum absolute atomic E-state index is 14.3. The average Bonchev–Trinajstić information content (AvgIpc) is 3.22. The Balaban J connectivity index is 1.57. The molecule has 2 heterocycles. The minimum Gasteiger partial charge on any atom is -0.307 e. The van der Waals surface area contributed by atoms with Crippen LogP contribution in [0.1, 0.15) is 63.8 Å². The Morgan fingerprint density at radius 1 is 0.355 bits per heavy atom. The third kappa shape index (κ3) is 7.24. The first-order valence-electron chi connectivity index (χ1n) is 20.2. The Morgan fingerprint density at radius 3 is 0.887 bits per heavy atom. The fourth-order valence-corrected chi connectivity index (χ4v) is 10.9. The maximum atomic E-state index is 14.3. The molecule has 0 unspecified atom stereocenters. The van der Waals surface area contributed by atoms with E-state index in [1.807, 2.05) is 48.5 Å². The van der Waals surface area contributed by atoms with Gasteiger partial charge in [0, 0.05) is 36.3 Å². The Labute approximate surface area is 366 Å². The smallest absolute Gasteiger partial charge is 0.307 e. The van der Waals surface area contributed by atoms with Crippen molar-refractivity contribution in [2.24, 2.45) is 0 Å². The SMILES string of the molecule is CC(C)(C)c1c(-c2ccc(C(F)(F)F)cc2)c(N2c3ccccc3Sc3ccccc32)c(C(C)(C)C)c(N2c3ccccc3Sc3ccccc32)c1-c1ccc(C(F)(F)F)cc1. The molecule has 314 valence electrons. The van der Waals surface area contributed by atoms with Gasteiger partial charge < -0.3 is 9.80 Å². The van der Waals surface area contributed by atoms with Crippen LogP contribution in [0.3, 0.4) is 0 Å². The van der Waals surface area contributed by atoms with E-state index in [9.17, 15) is 26.3 Å². The van der Waals surface area contributed by atoms with Crippen LogP contribution in [0, 0.1) is 0 Å². The highest BCUT2D eigenvalue weighted by Gasteiger charge is 2.43. The first kappa shape index (κ1) is 41.8. The summed E-state index contributed by atoms with van der Waals surface area (Å²) in [4.78, 5) is 8.53. The fourth-order valence-electron chi connectivity index (χ4n) is 8.74. The molecule has 0 atom stereocenters. The van der Waals surface area contributed by atoms with Crippen LogP contribution in [0.4, 0.5) is 60.5 Å². The quantitative estimate of drug-likeness (QED) is 0.163. The molecule has 0 amide bonds. The lowest BCUT2D eigenvalue weighted by Gasteiger charge is -2.45. The van der Waals surface area contributed by atoms with Crippen molar-refractivity contribution in [2.45, 2.75) is 84.3 Å². The van der Waals surface area contributed by atoms with Crippen molar-refractivity contribution in [3.63, 3.8) is 0 Å². The molecule has 0 aromatic heterocycles. The van der Waals surface area contributed by atoms with Gasteiger partial charge in [-0.2, -0.15) is 26.3 Å². The second-order valence-corrected chi connectivity index (χ2v) is 19.8. The van der Waals surface area contributed by atoms with Crippen LogP contribution in [0.25, 0.3) is 22.3 Å². The Hall–Kier alpha value is -5.58. The molecule has 0 N–H and O–H groups in total. The topological polar surface area (TPSA) is 6.48 Å². The number of rotatable bonds is 4. The van der Waals surface area contributed by atoms with Gasteiger partial charge in [0.15, 0.2) is 0 Å². The summed E-state index contributed by atoms with van der Waals surface area (Å²) in [6.07, 6.45) is -9.15. The number of alkyl halides is 6. The van der Waals surface area contributed by atoms with E-state index < -0.39 is 34.3 Å². The summed E-state index contributed by atoms with van der Waals surface area (Å²) >= 11 is 3.31. The van der Waals surface area contributed by atoms with Crippen LogP contribution < -0.4 is 9.80 Å². The minimum absolute atomic E-state index is 0.548. The lowest BCUT2D eigenvalue weighted by atomic mass is 9.70. The fraction of sp³-hybridized carbons (Fsp3) is 0.192. The van der Waals surface area contributed by atoms with Gasteiger partial charge in [0.25, 0.3) is 0 Å². The monoisotopic (exact) mass is 872 g/mol. The van der Waals surface area contributed by atoms with Gasteiger partial charge in [-0.25, -0.2) is 0 Å². The van der Waals surface area contributed by atoms with Crippen molar-refractivity contribution in [1.29, 1.82) is 0 Å². The molecule has 9 rings (SSSR count). The molecular weight excluding hydrogens is 831 g/mol. The maximum Gasteiger partial charge on any atom is 0.416 e. The molecule has 62 heavy (non-hydrogen) atoms. The van der Waals surface area contributed by atoms with Crippen molar-refractivity contribution >= 4 is 57.6 Å². The van der Waals surface area contributed by atoms with E-state index in [2.05, 4.69) is 99.9 Å². The van der Waals surface area contributed by atoms with E-state index in [1.165, 1.54) is 24.3 Å². The van der Waals surface area contributed by atoms with Crippen LogP contribution in [0.5, 0.6) is 0 Å². The van der Waals surface area contributed by atoms with Gasteiger partial charge in [-0.05, 0) is 100 Å². The largest absolute Gasteiger partial charge is 0.416 e. The molecule has 0 aliphatic carbocycles. The molecule has 10 heteroatoms. The predicted octanol–water partition coefficient (Wildman–Crippen LogP) is 17.5. The third-order valence-corrected chi connectivity index (χ3v) is 13.5. The summed E-state index contributed by atoms with van der Waals surface area (Å²) in [7, 11) is 0. The number of nitrogens with zero attached hydrogens (tertiary/aromatic N) is 2. The molecule has 2 nitrogen and oxygen atoms in total. The number of para-hydroxylation sites is 4. The van der Waals surface area contributed by atoms with E-state index in [1.54, 1.807) is 23.5 Å². The van der Waals surface area contributed by atoms with Crippen LogP contribution >= 0.6 is 23.5 Å². The highest BCUT2D eigenvalue weighted by Crippen LogP contribution is 2.64. The van der Waals surface area contributed by atoms with Crippen molar-refractivity contribution in [3.8, 4) is 22.3 Å². The molecule has 0 saturated heterocycles. The van der Waals surface area contributed by atoms with Crippen molar-refractivity contribution in [1.82, 2.24) is 0 Å². The predicted molar refractivity (Wildman–Crippen MR) is 242 cm³/mol. The van der Waals surface area contributed by atoms with Gasteiger partial charge in [-0.15, -0.1) is 0 Å². The average molecular weight is 873 g/mol. The molecule has 7 aromatic rings. The van der Waals surface area contributed by atoms with Crippen LogP contribution in [-0.4, -0.2) is 0 Å². The first-order valence-corrected chi connectivity index (χ1v) is 21.9. The normalized spacial score (nSPS) is 13.9. The first-order chi connectivity index (χ1) is 29.3. The summed E-state index contributed by atoms with van der Waals surface area (Å²) in [5, 5.41) is 0. The second kappa shape index (κ2) is 15.1. The molecule has 2 aliphatic heterocycles. The Kier molecular flexibility index (Phi) is 10.1. The molecular formula is C52H42F6N2S2. The van der Waals surface area contributed by atoms with Gasteiger partial charge in [0.2, 0.25) is 0 Å². The van der Waals surface area contributed by atoms with Crippen LogP contribution in [0.2, 0.25) is 0 Å². The van der Waals surface area contributed by atoms with E-state index in [-0.39, 0.29) is 0 Å². The lowest BCUT2D eigenvalue weighted by molar-refractivity contribution is -0.138. The number of halogens is 6. The number of hydrogen-bond donors (Lipinski definition) is 0.